The molecule has 4 rings (SSSR count). The lowest BCUT2D eigenvalue weighted by Gasteiger charge is -2.40. The molecule has 0 atom stereocenters. The molecule has 148 valence electrons. The molecule has 0 radical (unpaired) electrons. The molecule has 1 aliphatic heterocycles. The average molecular weight is 377 g/mol. The third-order valence-electron chi connectivity index (χ3n) is 6.48. The number of nitrogens with zero attached hydrogens (tertiary/aromatic N) is 2. The average Bonchev–Trinajstić information content (AvgIpc) is 3.05. The molecular formula is C25H32N2O. The van der Waals surface area contributed by atoms with Gasteiger partial charge in [-0.15, -0.1) is 0 Å². The Kier molecular flexibility index (Phi) is 6.43. The van der Waals surface area contributed by atoms with Crippen molar-refractivity contribution < 1.29 is 4.79 Å². The van der Waals surface area contributed by atoms with E-state index in [9.17, 15) is 4.79 Å². The quantitative estimate of drug-likeness (QED) is 0.723. The monoisotopic (exact) mass is 376 g/mol. The van der Waals surface area contributed by atoms with Crippen LogP contribution in [0.4, 0.5) is 0 Å². The van der Waals surface area contributed by atoms with Gasteiger partial charge in [-0.1, -0.05) is 86.3 Å². The first-order valence-corrected chi connectivity index (χ1v) is 11.0. The van der Waals surface area contributed by atoms with Crippen LogP contribution in [-0.2, 0) is 4.79 Å². The Balaban J connectivity index is 1.46. The molecule has 2 aromatic rings. The summed E-state index contributed by atoms with van der Waals surface area (Å²) >= 11 is 0. The summed E-state index contributed by atoms with van der Waals surface area (Å²) in [5.74, 6) is 0.0461. The number of rotatable bonds is 4. The maximum atomic E-state index is 13.5. The Morgan fingerprint density at radius 2 is 1.21 bits per heavy atom. The van der Waals surface area contributed by atoms with Gasteiger partial charge in [0.2, 0.25) is 5.91 Å². The van der Waals surface area contributed by atoms with Crippen LogP contribution in [0.15, 0.2) is 60.7 Å². The normalized spacial score (nSPS) is 19.5. The lowest BCUT2D eigenvalue weighted by molar-refractivity contribution is -0.134. The Labute approximate surface area is 169 Å². The molecule has 1 saturated heterocycles. The Hall–Kier alpha value is -2.13. The summed E-state index contributed by atoms with van der Waals surface area (Å²) in [5, 5.41) is 0. The summed E-state index contributed by atoms with van der Waals surface area (Å²) in [4.78, 5) is 18.3. The molecule has 1 heterocycles. The molecule has 0 unspecified atom stereocenters. The third-order valence-corrected chi connectivity index (χ3v) is 6.48. The second kappa shape index (κ2) is 9.38. The van der Waals surface area contributed by atoms with Gasteiger partial charge in [0.15, 0.2) is 0 Å². The van der Waals surface area contributed by atoms with Crippen molar-refractivity contribution in [2.45, 2.75) is 50.5 Å². The topological polar surface area (TPSA) is 23.6 Å². The van der Waals surface area contributed by atoms with Crippen molar-refractivity contribution in [1.29, 1.82) is 0 Å². The fraction of sp³-hybridized carbons (Fsp3) is 0.480. The van der Waals surface area contributed by atoms with Gasteiger partial charge in [0, 0.05) is 32.2 Å². The minimum Gasteiger partial charge on any atom is -0.339 e. The molecule has 0 aromatic heterocycles. The molecule has 1 amide bonds. The SMILES string of the molecule is O=C(C(c1ccccc1)c1ccccc1)N1CCN(C2CCCCCC2)CC1. The molecule has 0 bridgehead atoms. The predicted octanol–water partition coefficient (Wildman–Crippen LogP) is 4.69. The van der Waals surface area contributed by atoms with Crippen molar-refractivity contribution in [3.05, 3.63) is 71.8 Å². The van der Waals surface area contributed by atoms with Crippen LogP contribution in [0.3, 0.4) is 0 Å². The van der Waals surface area contributed by atoms with E-state index in [1.54, 1.807) is 0 Å². The molecule has 28 heavy (non-hydrogen) atoms. The number of amides is 1. The molecule has 3 heteroatoms. The summed E-state index contributed by atoms with van der Waals surface area (Å²) in [7, 11) is 0. The highest BCUT2D eigenvalue weighted by Crippen LogP contribution is 2.28. The summed E-state index contributed by atoms with van der Waals surface area (Å²) < 4.78 is 0. The van der Waals surface area contributed by atoms with Crippen molar-refractivity contribution >= 4 is 5.91 Å². The van der Waals surface area contributed by atoms with Crippen molar-refractivity contribution in [1.82, 2.24) is 9.80 Å². The van der Waals surface area contributed by atoms with E-state index in [4.69, 9.17) is 0 Å². The van der Waals surface area contributed by atoms with Crippen LogP contribution in [-0.4, -0.2) is 47.9 Å². The maximum absolute atomic E-state index is 13.5. The highest BCUT2D eigenvalue weighted by molar-refractivity contribution is 5.87. The Morgan fingerprint density at radius 1 is 0.714 bits per heavy atom. The number of hydrogen-bond donors (Lipinski definition) is 0. The molecule has 0 N–H and O–H groups in total. The van der Waals surface area contributed by atoms with Crippen LogP contribution in [0.5, 0.6) is 0 Å². The zero-order chi connectivity index (χ0) is 19.2. The van der Waals surface area contributed by atoms with Crippen LogP contribution >= 0.6 is 0 Å². The van der Waals surface area contributed by atoms with E-state index in [0.717, 1.165) is 43.3 Å². The lowest BCUT2D eigenvalue weighted by atomic mass is 9.90. The predicted molar refractivity (Wildman–Crippen MR) is 114 cm³/mol. The number of carbonyl (C=O) groups is 1. The fourth-order valence-corrected chi connectivity index (χ4v) is 4.88. The molecule has 3 nitrogen and oxygen atoms in total. The van der Waals surface area contributed by atoms with Crippen molar-refractivity contribution in [2.24, 2.45) is 0 Å². The van der Waals surface area contributed by atoms with E-state index in [2.05, 4.69) is 34.1 Å². The van der Waals surface area contributed by atoms with Crippen LogP contribution < -0.4 is 0 Å². The minimum atomic E-state index is -0.202. The van der Waals surface area contributed by atoms with E-state index in [-0.39, 0.29) is 11.8 Å². The second-order valence-corrected chi connectivity index (χ2v) is 8.26. The zero-order valence-electron chi connectivity index (χ0n) is 16.8. The van der Waals surface area contributed by atoms with E-state index in [1.807, 2.05) is 36.4 Å². The molecule has 1 saturated carbocycles. The summed E-state index contributed by atoms with van der Waals surface area (Å²) in [6.45, 7) is 3.75. The largest absolute Gasteiger partial charge is 0.339 e. The summed E-state index contributed by atoms with van der Waals surface area (Å²) in [6.07, 6.45) is 8.20. The first-order valence-electron chi connectivity index (χ1n) is 11.0. The smallest absolute Gasteiger partial charge is 0.234 e. The van der Waals surface area contributed by atoms with Gasteiger partial charge in [-0.25, -0.2) is 0 Å². The number of piperazine rings is 1. The second-order valence-electron chi connectivity index (χ2n) is 8.26. The van der Waals surface area contributed by atoms with Gasteiger partial charge in [-0.3, -0.25) is 9.69 Å². The van der Waals surface area contributed by atoms with Crippen LogP contribution in [0, 0.1) is 0 Å². The lowest BCUT2D eigenvalue weighted by Crippen LogP contribution is -2.52. The van der Waals surface area contributed by atoms with Gasteiger partial charge in [-0.05, 0) is 24.0 Å². The van der Waals surface area contributed by atoms with E-state index < -0.39 is 0 Å². The van der Waals surface area contributed by atoms with Crippen molar-refractivity contribution in [2.75, 3.05) is 26.2 Å². The highest BCUT2D eigenvalue weighted by Gasteiger charge is 2.31. The van der Waals surface area contributed by atoms with Crippen LogP contribution in [0.1, 0.15) is 55.6 Å². The van der Waals surface area contributed by atoms with Crippen LogP contribution in [0.2, 0.25) is 0 Å². The first kappa shape index (κ1) is 19.2. The molecule has 2 fully saturated rings. The van der Waals surface area contributed by atoms with Gasteiger partial charge in [-0.2, -0.15) is 0 Å². The fourth-order valence-electron chi connectivity index (χ4n) is 4.88. The third kappa shape index (κ3) is 4.47. The molecule has 2 aliphatic rings. The number of benzene rings is 2. The zero-order valence-corrected chi connectivity index (χ0v) is 16.8. The van der Waals surface area contributed by atoms with E-state index in [1.165, 1.54) is 38.5 Å². The standard InChI is InChI=1S/C25H32N2O/c28-25(24(21-11-5-3-6-12-21)22-13-7-4-8-14-22)27-19-17-26(18-20-27)23-15-9-1-2-10-16-23/h3-8,11-14,23-24H,1-2,9-10,15-20H2. The van der Waals surface area contributed by atoms with Gasteiger partial charge < -0.3 is 4.90 Å². The number of hydrogen-bond acceptors (Lipinski definition) is 2. The van der Waals surface area contributed by atoms with E-state index in [0.29, 0.717) is 0 Å². The van der Waals surface area contributed by atoms with E-state index >= 15 is 0 Å². The molecule has 0 spiro atoms. The van der Waals surface area contributed by atoms with Crippen molar-refractivity contribution in [3.63, 3.8) is 0 Å². The van der Waals surface area contributed by atoms with Gasteiger partial charge in [0.25, 0.3) is 0 Å². The van der Waals surface area contributed by atoms with Gasteiger partial charge in [0.05, 0.1) is 5.92 Å². The maximum Gasteiger partial charge on any atom is 0.234 e. The van der Waals surface area contributed by atoms with Crippen molar-refractivity contribution in [3.8, 4) is 0 Å². The first-order chi connectivity index (χ1) is 13.8. The summed E-state index contributed by atoms with van der Waals surface area (Å²) in [6, 6.07) is 21.2. The molecule has 2 aromatic carbocycles. The van der Waals surface area contributed by atoms with Gasteiger partial charge >= 0.3 is 0 Å². The summed E-state index contributed by atoms with van der Waals surface area (Å²) in [5.41, 5.74) is 2.18. The molecular weight excluding hydrogens is 344 g/mol. The van der Waals surface area contributed by atoms with Crippen LogP contribution in [0.25, 0.3) is 0 Å². The minimum absolute atomic E-state index is 0.202. The highest BCUT2D eigenvalue weighted by atomic mass is 16.2. The molecule has 1 aliphatic carbocycles. The Morgan fingerprint density at radius 3 is 1.71 bits per heavy atom. The van der Waals surface area contributed by atoms with Gasteiger partial charge in [0.1, 0.15) is 0 Å². The number of carbonyl (C=O) groups excluding carboxylic acids is 1. The Bertz CT molecular complexity index is 690.